The van der Waals surface area contributed by atoms with Crippen molar-refractivity contribution in [2.75, 3.05) is 85.5 Å². The van der Waals surface area contributed by atoms with E-state index in [-0.39, 0.29) is 112 Å². The molecule has 5 fully saturated rings. The van der Waals surface area contributed by atoms with Crippen LogP contribution in [0.3, 0.4) is 0 Å². The maximum absolute atomic E-state index is 16.9. The van der Waals surface area contributed by atoms with Crippen molar-refractivity contribution in [1.82, 2.24) is 78.1 Å². The number of aliphatic hydroxyl groups is 1. The first kappa shape index (κ1) is 94.3. The topological polar surface area (TPSA) is 435 Å². The maximum atomic E-state index is 16.9. The van der Waals surface area contributed by atoms with Gasteiger partial charge in [-0.2, -0.15) is 0 Å². The van der Waals surface area contributed by atoms with Crippen molar-refractivity contribution < 1.29 is 107 Å². The number of halogens is 4. The van der Waals surface area contributed by atoms with Gasteiger partial charge in [-0.15, -0.1) is 35.7 Å². The number of hydrogen-bond donors (Lipinski definition) is 3. The minimum atomic E-state index is -4.35. The standard InChI is InChI=1S/C41H40F2N10O10P2S.C41H40F2N10O9P2S2/c1-4-16-50(38(55)24-12-8-6-9-13-24)34-30-36(46-20-44-34)52(22-48-30)40-28(42)32(62-64(57)58)27(61-40)19-59-65(3,66)63-33-26(18-54)60-41(29(33)43)53-23-49-31-35(45-21-47-37(31)53)51(17-5-2)39(56)25-14-10-7-11-15-25;1-4-16-50(38(54)24-12-8-6-9-13-24)34-30-36(46-20-44-34)52(22-48-30)40-28(42)32-27(60-40)19-58-64(56,66)62-33-26(18-57-63(3,65)61-32)59-41(29(33)43)53-23-49-31-35(45-21-47-37(31)53)51(17-5-2)39(55)25-14-10-7-11-15-25/h4-15,20-23,26-29,32-33,40-41,54H,1-2,16-19H2,3H3;4-15,20-23,26-29,32-33,40-41H,1-2,16-19H2,3H3,(H,56,66)/p+1/t26-,27-,28-,29-,32-,33-,40-,41-,65?;26-,27-,28-,29-,32-,33-,40-,41-,63?,64?/m11/s1. The summed E-state index contributed by atoms with van der Waals surface area (Å²) in [7, 11) is -3.36. The lowest BCUT2D eigenvalue weighted by Crippen LogP contribution is -2.37. The van der Waals surface area contributed by atoms with Crippen molar-refractivity contribution in [3.8, 4) is 0 Å². The second-order valence-electron chi connectivity index (χ2n) is 30.0. The summed E-state index contributed by atoms with van der Waals surface area (Å²) in [4.78, 5) is 133. The number of imidazole rings is 4. The zero-order valence-corrected chi connectivity index (χ0v) is 75.6. The van der Waals surface area contributed by atoms with Crippen LogP contribution in [-0.2, 0) is 90.6 Å². The number of aromatic nitrogens is 16. The molecule has 0 spiro atoms. The molecule has 5 aliphatic rings. The molecule has 0 bridgehead atoms. The number of alkyl halides is 4. The molecule has 4 amide bonds. The number of ether oxygens (including phenoxy) is 4. The first-order chi connectivity index (χ1) is 63.6. The summed E-state index contributed by atoms with van der Waals surface area (Å²) >= 11 is 16.8. The van der Waals surface area contributed by atoms with E-state index in [4.69, 9.17) is 86.0 Å². The van der Waals surface area contributed by atoms with Gasteiger partial charge in [-0.1, -0.05) is 97.1 Å². The van der Waals surface area contributed by atoms with Crippen LogP contribution in [0.1, 0.15) is 66.3 Å². The first-order valence-corrected chi connectivity index (χ1v) is 50.2. The molecule has 39 nitrogen and oxygen atoms in total. The Morgan fingerprint density at radius 2 is 0.811 bits per heavy atom. The predicted octanol–water partition coefficient (Wildman–Crippen LogP) is 10.9. The molecule has 4 aromatic carbocycles. The largest absolute Gasteiger partial charge is 0.695 e. The molecule has 688 valence electrons. The van der Waals surface area contributed by atoms with Gasteiger partial charge in [0, 0.05) is 66.3 Å². The lowest BCUT2D eigenvalue weighted by atomic mass is 10.1. The van der Waals surface area contributed by atoms with Crippen LogP contribution in [0.15, 0.2) is 223 Å². The molecule has 20 atom stereocenters. The number of anilines is 4. The molecule has 5 saturated heterocycles. The average Bonchev–Trinajstić information content (AvgIpc) is 1.61. The summed E-state index contributed by atoms with van der Waals surface area (Å²) < 4.78 is 149. The van der Waals surface area contributed by atoms with Crippen LogP contribution >= 0.6 is 28.0 Å². The number of fused-ring (bicyclic) bond motifs is 6. The van der Waals surface area contributed by atoms with Gasteiger partial charge < -0.3 is 51.6 Å². The summed E-state index contributed by atoms with van der Waals surface area (Å²) in [5, 5.41) is 10.3. The minimum absolute atomic E-state index is 0.0440. The van der Waals surface area contributed by atoms with Crippen LogP contribution < -0.4 is 19.6 Å². The molecular weight excluding hydrogens is 1870 g/mol. The fourth-order valence-electron chi connectivity index (χ4n) is 15.5. The molecule has 4 unspecified atom stereocenters. The predicted molar refractivity (Wildman–Crippen MR) is 481 cm³/mol. The molecule has 132 heavy (non-hydrogen) atoms. The maximum Gasteiger partial charge on any atom is 0.695 e. The van der Waals surface area contributed by atoms with Crippen molar-refractivity contribution in [2.45, 2.75) is 98.4 Å². The van der Waals surface area contributed by atoms with Crippen LogP contribution in [0.5, 0.6) is 0 Å². The minimum Gasteiger partial charge on any atom is -0.394 e. The Bertz CT molecular complexity index is 6270. The zero-order chi connectivity index (χ0) is 93.0. The van der Waals surface area contributed by atoms with Gasteiger partial charge in [-0.3, -0.25) is 61.6 Å². The van der Waals surface area contributed by atoms with Crippen LogP contribution in [0.2, 0.25) is 0 Å². The highest BCUT2D eigenvalue weighted by Gasteiger charge is 2.56. The number of nitrogens with zero attached hydrogens (tertiary/aromatic N) is 20. The SMILES string of the molecule is C=CCN(C(=O)c1ccccc1)c1ncnc2c1ncn2[C@@H]1O[C@@H]2COP(O)(=S)O[C@H]3[C@@H](F)[C@H](n4cnc5c(N(CC=C)C(=O)c6ccccc6)ncnc54)O[C@@H]3COP(C)(=S)O[C@H]2[C@H]1F.C=CCN(C(=O)c1ccccc1)c1ncnc2c1ncn2[C@@H]1O[C@H](COP(C)(=S)O[C@H]2[C@@H](F)[C@H](n3cnc4c(N(CC=C)C(=O)c5ccccc5)ncnc43)O[C@@H]2CO)[C@@H](O[P+](=O)O)[C@H]1F. The molecular formula is C82H81F4N20O19P4S3+. The third-order valence-electron chi connectivity index (χ3n) is 21.5. The second kappa shape index (κ2) is 40.5. The lowest BCUT2D eigenvalue weighted by molar-refractivity contribution is -0.0549. The number of carbonyl (C=O) groups is 4. The summed E-state index contributed by atoms with van der Waals surface area (Å²) in [5.41, 5.74) is 2.53. The van der Waals surface area contributed by atoms with Crippen molar-refractivity contribution in [2.24, 2.45) is 0 Å². The Balaban J connectivity index is 0.000000193. The van der Waals surface area contributed by atoms with E-state index in [1.807, 2.05) is 0 Å². The number of benzene rings is 4. The molecule has 50 heteroatoms. The molecule has 0 saturated carbocycles. The molecule has 3 N–H and O–H groups in total. The third-order valence-corrected chi connectivity index (χ3v) is 27.1. The van der Waals surface area contributed by atoms with Crippen LogP contribution in [0.4, 0.5) is 40.8 Å². The van der Waals surface area contributed by atoms with E-state index in [2.05, 4.69) is 86.1 Å². The van der Waals surface area contributed by atoms with Gasteiger partial charge in [0.25, 0.3) is 23.6 Å². The van der Waals surface area contributed by atoms with Crippen molar-refractivity contribution in [3.05, 3.63) is 245 Å². The Kier molecular flexibility index (Phi) is 29.0. The van der Waals surface area contributed by atoms with E-state index in [0.717, 1.165) is 0 Å². The second-order valence-corrected chi connectivity index (χ2v) is 41.5. The van der Waals surface area contributed by atoms with E-state index in [1.54, 1.807) is 121 Å². The molecule has 0 radical (unpaired) electrons. The number of hydrogen-bond acceptors (Lipinski definition) is 32. The van der Waals surface area contributed by atoms with Gasteiger partial charge in [-0.25, -0.2) is 77.4 Å². The van der Waals surface area contributed by atoms with Gasteiger partial charge >= 0.3 is 15.0 Å². The van der Waals surface area contributed by atoms with Gasteiger partial charge in [0.15, 0.2) is 137 Å². The highest BCUT2D eigenvalue weighted by atomic mass is 32.5. The number of rotatable bonds is 28. The summed E-state index contributed by atoms with van der Waals surface area (Å²) in [6.45, 7) is 4.57. The Hall–Kier alpha value is -10.9. The van der Waals surface area contributed by atoms with Gasteiger partial charge in [-0.05, 0) is 84.0 Å². The third kappa shape index (κ3) is 19.5. The number of aliphatic hydroxyl groups excluding tert-OH is 1. The van der Waals surface area contributed by atoms with Gasteiger partial charge in [0.05, 0.1) is 51.7 Å². The molecule has 8 aromatic heterocycles. The highest BCUT2D eigenvalue weighted by Crippen LogP contribution is 2.57. The fraction of sp³-hybridized carbons (Fsp3) is 0.317. The smallest absolute Gasteiger partial charge is 0.394 e. The molecule has 0 aliphatic carbocycles. The summed E-state index contributed by atoms with van der Waals surface area (Å²) in [5.74, 6) is -1.04. The Morgan fingerprint density at radius 3 is 1.14 bits per heavy atom. The summed E-state index contributed by atoms with van der Waals surface area (Å²) in [6.07, 6.45) is -9.53. The van der Waals surface area contributed by atoms with Crippen molar-refractivity contribution >= 4 is 155 Å². The lowest BCUT2D eigenvalue weighted by Gasteiger charge is -2.30. The fourth-order valence-corrected chi connectivity index (χ4v) is 20.7. The molecule has 13 heterocycles. The van der Waals surface area contributed by atoms with Crippen molar-refractivity contribution in [3.63, 3.8) is 0 Å². The quantitative estimate of drug-likeness (QED) is 0.0233. The monoisotopic (exact) mass is 1950 g/mol. The Labute approximate surface area is 764 Å². The summed E-state index contributed by atoms with van der Waals surface area (Å²) in [6, 6.07) is 34.1. The zero-order valence-electron chi connectivity index (χ0n) is 69.5. The van der Waals surface area contributed by atoms with Crippen LogP contribution in [0, 0.1) is 0 Å². The van der Waals surface area contributed by atoms with Gasteiger partial charge in [0.1, 0.15) is 68.0 Å². The number of carbonyl (C=O) groups excluding carboxylic acids is 4. The van der Waals surface area contributed by atoms with E-state index < -0.39 is 159 Å². The normalized spacial score (nSPS) is 26.5. The average molecular weight is 1950 g/mol. The first-order valence-electron chi connectivity index (χ1n) is 40.3. The van der Waals surface area contributed by atoms with Crippen LogP contribution in [0.25, 0.3) is 44.7 Å². The van der Waals surface area contributed by atoms with E-state index in [1.165, 1.54) is 126 Å². The van der Waals surface area contributed by atoms with E-state index in [0.29, 0.717) is 22.3 Å². The van der Waals surface area contributed by atoms with Crippen molar-refractivity contribution in [1.29, 1.82) is 0 Å². The molecule has 5 aliphatic heterocycles. The van der Waals surface area contributed by atoms with E-state index >= 15 is 17.6 Å². The Morgan fingerprint density at radius 1 is 0.492 bits per heavy atom. The molecule has 17 rings (SSSR count). The molecule has 12 aromatic rings. The number of amides is 4. The van der Waals surface area contributed by atoms with Gasteiger partial charge in [0.2, 0.25) is 0 Å². The van der Waals surface area contributed by atoms with E-state index in [9.17, 15) is 38.6 Å². The highest BCUT2D eigenvalue weighted by molar-refractivity contribution is 8.10. The van der Waals surface area contributed by atoms with Crippen LogP contribution in [-0.4, -0.2) is 256 Å².